The molecule has 6 nitrogen and oxygen atoms in total. The van der Waals surface area contributed by atoms with E-state index in [-0.39, 0.29) is 0 Å². The molecule has 3 aromatic rings. The molecule has 6 heteroatoms. The van der Waals surface area contributed by atoms with Gasteiger partial charge in [-0.05, 0) is 38.3 Å². The lowest BCUT2D eigenvalue weighted by Gasteiger charge is -2.34. The molecule has 134 valence electrons. The van der Waals surface area contributed by atoms with E-state index in [1.165, 1.54) is 5.56 Å². The summed E-state index contributed by atoms with van der Waals surface area (Å²) in [7, 11) is 0. The molecule has 0 bridgehead atoms. The molecule has 26 heavy (non-hydrogen) atoms. The number of aromatic nitrogens is 5. The summed E-state index contributed by atoms with van der Waals surface area (Å²) >= 11 is 0. The van der Waals surface area contributed by atoms with Gasteiger partial charge in [0.1, 0.15) is 11.6 Å². The normalized spacial score (nSPS) is 17.5. The molecule has 1 saturated heterocycles. The summed E-state index contributed by atoms with van der Waals surface area (Å²) in [6, 6.07) is 4.09. The maximum absolute atomic E-state index is 4.73. The van der Waals surface area contributed by atoms with Crippen molar-refractivity contribution in [3.8, 4) is 0 Å². The van der Waals surface area contributed by atoms with Crippen LogP contribution in [0.5, 0.6) is 0 Å². The molecule has 3 aromatic heterocycles. The highest BCUT2D eigenvalue weighted by Crippen LogP contribution is 2.29. The van der Waals surface area contributed by atoms with Crippen LogP contribution in [0.1, 0.15) is 41.5 Å². The lowest BCUT2D eigenvalue weighted by Crippen LogP contribution is -2.36. The lowest BCUT2D eigenvalue weighted by molar-refractivity contribution is 0.473. The van der Waals surface area contributed by atoms with E-state index >= 15 is 0 Å². The van der Waals surface area contributed by atoms with Crippen LogP contribution in [0.15, 0.2) is 43.1 Å². The summed E-state index contributed by atoms with van der Waals surface area (Å²) in [6.45, 7) is 6.80. The Morgan fingerprint density at radius 1 is 1.15 bits per heavy atom. The van der Waals surface area contributed by atoms with Gasteiger partial charge in [-0.3, -0.25) is 9.97 Å². The fraction of sp³-hybridized carbons (Fsp3) is 0.400. The Kier molecular flexibility index (Phi) is 4.65. The summed E-state index contributed by atoms with van der Waals surface area (Å²) in [5, 5.41) is 0. The first-order valence-electron chi connectivity index (χ1n) is 9.16. The number of nitrogens with zero attached hydrogens (tertiary/aromatic N) is 6. The number of hydrogen-bond acceptors (Lipinski definition) is 5. The summed E-state index contributed by atoms with van der Waals surface area (Å²) in [4.78, 5) is 20.5. The Balaban J connectivity index is 1.55. The summed E-state index contributed by atoms with van der Waals surface area (Å²) in [5.74, 6) is 2.56. The van der Waals surface area contributed by atoms with Crippen LogP contribution in [-0.2, 0) is 6.54 Å². The van der Waals surface area contributed by atoms with Gasteiger partial charge in [-0.15, -0.1) is 0 Å². The first-order valence-corrected chi connectivity index (χ1v) is 9.16. The minimum absolute atomic E-state index is 0.400. The zero-order valence-corrected chi connectivity index (χ0v) is 15.3. The van der Waals surface area contributed by atoms with Crippen LogP contribution in [0.2, 0.25) is 0 Å². The van der Waals surface area contributed by atoms with Crippen LogP contribution in [-0.4, -0.2) is 37.6 Å². The van der Waals surface area contributed by atoms with Gasteiger partial charge >= 0.3 is 0 Å². The van der Waals surface area contributed by atoms with Gasteiger partial charge in [-0.25, -0.2) is 9.97 Å². The van der Waals surface area contributed by atoms with E-state index in [4.69, 9.17) is 4.98 Å². The summed E-state index contributed by atoms with van der Waals surface area (Å²) in [6.07, 6.45) is 11.8. The molecular weight excluding hydrogens is 324 g/mol. The third-order valence-corrected chi connectivity index (χ3v) is 4.96. The van der Waals surface area contributed by atoms with Crippen LogP contribution in [0.4, 0.5) is 5.82 Å². The minimum atomic E-state index is 0.400. The van der Waals surface area contributed by atoms with Crippen molar-refractivity contribution in [1.82, 2.24) is 24.5 Å². The van der Waals surface area contributed by atoms with Gasteiger partial charge in [0.2, 0.25) is 0 Å². The van der Waals surface area contributed by atoms with Crippen LogP contribution in [0, 0.1) is 13.8 Å². The van der Waals surface area contributed by atoms with Crippen LogP contribution in [0.25, 0.3) is 0 Å². The van der Waals surface area contributed by atoms with Crippen molar-refractivity contribution in [1.29, 1.82) is 0 Å². The maximum atomic E-state index is 4.73. The van der Waals surface area contributed by atoms with Crippen molar-refractivity contribution < 1.29 is 0 Å². The molecule has 0 radical (unpaired) electrons. The average molecular weight is 348 g/mol. The molecule has 0 saturated carbocycles. The predicted octanol–water partition coefficient (Wildman–Crippen LogP) is 3.12. The molecule has 0 aromatic carbocycles. The van der Waals surface area contributed by atoms with Gasteiger partial charge in [0.15, 0.2) is 0 Å². The van der Waals surface area contributed by atoms with E-state index in [0.29, 0.717) is 5.92 Å². The van der Waals surface area contributed by atoms with E-state index in [2.05, 4.69) is 36.7 Å². The number of anilines is 1. The largest absolute Gasteiger partial charge is 0.354 e. The molecule has 0 unspecified atom stereocenters. The molecule has 4 heterocycles. The molecule has 1 fully saturated rings. The molecule has 0 amide bonds. The second kappa shape index (κ2) is 7.23. The lowest BCUT2D eigenvalue weighted by atomic mass is 9.97. The van der Waals surface area contributed by atoms with Crippen LogP contribution in [0.3, 0.4) is 0 Å². The Bertz CT molecular complexity index is 873. The molecular formula is C20H24N6. The second-order valence-corrected chi connectivity index (χ2v) is 6.98. The highest BCUT2D eigenvalue weighted by molar-refractivity contribution is 5.44. The zero-order valence-electron chi connectivity index (χ0n) is 15.3. The number of imidazole rings is 1. The fourth-order valence-electron chi connectivity index (χ4n) is 3.71. The van der Waals surface area contributed by atoms with Gasteiger partial charge in [-0.2, -0.15) is 0 Å². The third kappa shape index (κ3) is 3.45. The van der Waals surface area contributed by atoms with E-state index in [9.17, 15) is 0 Å². The molecule has 1 atom stereocenters. The predicted molar refractivity (Wildman–Crippen MR) is 101 cm³/mol. The highest BCUT2D eigenvalue weighted by Gasteiger charge is 2.26. The van der Waals surface area contributed by atoms with E-state index in [0.717, 1.165) is 55.5 Å². The molecule has 1 aliphatic heterocycles. The first kappa shape index (κ1) is 16.7. The number of hydrogen-bond donors (Lipinski definition) is 0. The van der Waals surface area contributed by atoms with Crippen LogP contribution < -0.4 is 4.90 Å². The van der Waals surface area contributed by atoms with Crippen molar-refractivity contribution >= 4 is 5.82 Å². The second-order valence-electron chi connectivity index (χ2n) is 6.98. The SMILES string of the molecule is Cc1cnc(C)c(N2CCC[C@H](c3nccn3Cc3cccnc3)C2)n1. The van der Waals surface area contributed by atoms with Gasteiger partial charge < -0.3 is 9.47 Å². The monoisotopic (exact) mass is 348 g/mol. The standard InChI is InChI=1S/C20H24N6/c1-15-11-23-16(2)19(24-15)25-9-4-6-18(14-25)20-22-8-10-26(20)13-17-5-3-7-21-12-17/h3,5,7-8,10-12,18H,4,6,9,13-14H2,1-2H3/t18-/m0/s1. The van der Waals surface area contributed by atoms with Crippen LogP contribution >= 0.6 is 0 Å². The Hall–Kier alpha value is -2.76. The van der Waals surface area contributed by atoms with Gasteiger partial charge in [-0.1, -0.05) is 6.07 Å². The number of rotatable bonds is 4. The van der Waals surface area contributed by atoms with E-state index in [1.54, 1.807) is 0 Å². The summed E-state index contributed by atoms with van der Waals surface area (Å²) in [5.41, 5.74) is 3.15. The smallest absolute Gasteiger partial charge is 0.150 e. The minimum Gasteiger partial charge on any atom is -0.354 e. The van der Waals surface area contributed by atoms with Crippen molar-refractivity contribution in [2.24, 2.45) is 0 Å². The van der Waals surface area contributed by atoms with E-state index in [1.807, 2.05) is 44.7 Å². The topological polar surface area (TPSA) is 59.7 Å². The van der Waals surface area contributed by atoms with E-state index < -0.39 is 0 Å². The Morgan fingerprint density at radius 2 is 2.08 bits per heavy atom. The number of piperidine rings is 1. The van der Waals surface area contributed by atoms with Crippen molar-refractivity contribution in [2.45, 2.75) is 39.2 Å². The van der Waals surface area contributed by atoms with Gasteiger partial charge in [0.25, 0.3) is 0 Å². The van der Waals surface area contributed by atoms with Crippen molar-refractivity contribution in [2.75, 3.05) is 18.0 Å². The fourth-order valence-corrected chi connectivity index (χ4v) is 3.71. The number of aryl methyl sites for hydroxylation is 2. The first-order chi connectivity index (χ1) is 12.7. The average Bonchev–Trinajstić information content (AvgIpc) is 3.13. The van der Waals surface area contributed by atoms with Gasteiger partial charge in [0.05, 0.1) is 17.9 Å². The summed E-state index contributed by atoms with van der Waals surface area (Å²) < 4.78 is 2.25. The molecule has 0 N–H and O–H groups in total. The van der Waals surface area contributed by atoms with Crippen molar-refractivity contribution in [3.63, 3.8) is 0 Å². The Labute approximate surface area is 154 Å². The van der Waals surface area contributed by atoms with Crippen molar-refractivity contribution in [3.05, 3.63) is 65.9 Å². The molecule has 4 rings (SSSR count). The third-order valence-electron chi connectivity index (χ3n) is 4.96. The quantitative estimate of drug-likeness (QED) is 0.725. The maximum Gasteiger partial charge on any atom is 0.150 e. The van der Waals surface area contributed by atoms with Gasteiger partial charge in [0, 0.05) is 50.0 Å². The molecule has 1 aliphatic rings. The molecule has 0 spiro atoms. The zero-order chi connectivity index (χ0) is 17.9. The molecule has 0 aliphatic carbocycles. The Morgan fingerprint density at radius 3 is 2.92 bits per heavy atom. The number of pyridine rings is 1. The highest BCUT2D eigenvalue weighted by atomic mass is 15.2.